The standard InChI is InChI=1S/C10H17NO2/c1-5-6-11(4,7-9(2)12)8-10(3)13/h5H,1-3,6-8H2,4H3,(H-,12,13)/p+1. The van der Waals surface area contributed by atoms with Gasteiger partial charge < -0.3 is 14.7 Å². The van der Waals surface area contributed by atoms with Crippen molar-refractivity contribution in [3.63, 3.8) is 0 Å². The normalized spacial score (nSPS) is 10.8. The lowest BCUT2D eigenvalue weighted by molar-refractivity contribution is -0.897. The molecule has 0 rings (SSSR count). The summed E-state index contributed by atoms with van der Waals surface area (Å²) in [6.45, 7) is 11.9. The zero-order chi connectivity index (χ0) is 10.5. The van der Waals surface area contributed by atoms with Gasteiger partial charge in [-0.15, -0.1) is 0 Å². The molecule has 0 spiro atoms. The molecule has 0 unspecified atom stereocenters. The molecule has 0 saturated carbocycles. The molecule has 3 heteroatoms. The summed E-state index contributed by atoms with van der Waals surface area (Å²) >= 11 is 0. The second-order valence-electron chi connectivity index (χ2n) is 3.54. The van der Waals surface area contributed by atoms with Crippen molar-refractivity contribution in [1.29, 1.82) is 0 Å². The van der Waals surface area contributed by atoms with Gasteiger partial charge in [-0.05, 0) is 6.08 Å². The molecule has 13 heavy (non-hydrogen) atoms. The second-order valence-corrected chi connectivity index (χ2v) is 3.54. The van der Waals surface area contributed by atoms with Crippen molar-refractivity contribution in [1.82, 2.24) is 0 Å². The van der Waals surface area contributed by atoms with E-state index >= 15 is 0 Å². The van der Waals surface area contributed by atoms with E-state index in [0.29, 0.717) is 24.1 Å². The molecule has 0 aromatic heterocycles. The van der Waals surface area contributed by atoms with E-state index in [1.54, 1.807) is 6.08 Å². The van der Waals surface area contributed by atoms with Crippen LogP contribution in [0.1, 0.15) is 0 Å². The smallest absolute Gasteiger partial charge is 0.139 e. The number of hydrogen-bond donors (Lipinski definition) is 2. The van der Waals surface area contributed by atoms with Crippen molar-refractivity contribution in [2.75, 3.05) is 26.7 Å². The minimum absolute atomic E-state index is 0.102. The van der Waals surface area contributed by atoms with E-state index in [1.165, 1.54) is 0 Å². The Bertz CT molecular complexity index is 205. The summed E-state index contributed by atoms with van der Waals surface area (Å²) in [5.74, 6) is 0.205. The highest BCUT2D eigenvalue weighted by Gasteiger charge is 2.21. The molecule has 0 fully saturated rings. The first-order valence-corrected chi connectivity index (χ1v) is 4.07. The molecule has 0 aromatic rings. The lowest BCUT2D eigenvalue weighted by atomic mass is 10.3. The third kappa shape index (κ3) is 5.09. The van der Waals surface area contributed by atoms with E-state index in [0.717, 1.165) is 0 Å². The van der Waals surface area contributed by atoms with Gasteiger partial charge in [0.05, 0.1) is 13.6 Å². The van der Waals surface area contributed by atoms with Crippen LogP contribution in [0.5, 0.6) is 0 Å². The molecule has 0 heterocycles. The van der Waals surface area contributed by atoms with Crippen molar-refractivity contribution in [3.05, 3.63) is 37.3 Å². The highest BCUT2D eigenvalue weighted by atomic mass is 16.3. The molecular weight excluding hydrogens is 166 g/mol. The zero-order valence-electron chi connectivity index (χ0n) is 8.16. The highest BCUT2D eigenvalue weighted by molar-refractivity contribution is 4.84. The van der Waals surface area contributed by atoms with E-state index in [1.807, 2.05) is 7.05 Å². The van der Waals surface area contributed by atoms with Crippen molar-refractivity contribution < 1.29 is 14.7 Å². The average Bonchev–Trinajstić information content (AvgIpc) is 1.81. The van der Waals surface area contributed by atoms with E-state index in [2.05, 4.69) is 19.7 Å². The Balaban J connectivity index is 4.40. The largest absolute Gasteiger partial charge is 0.507 e. The number of quaternary nitrogens is 1. The molecular formula is C10H18NO2+. The van der Waals surface area contributed by atoms with Crippen LogP contribution >= 0.6 is 0 Å². The van der Waals surface area contributed by atoms with Gasteiger partial charge in [-0.25, -0.2) is 0 Å². The third-order valence-electron chi connectivity index (χ3n) is 1.70. The Morgan fingerprint density at radius 2 is 1.62 bits per heavy atom. The van der Waals surface area contributed by atoms with Crippen molar-refractivity contribution in [2.24, 2.45) is 0 Å². The number of rotatable bonds is 6. The van der Waals surface area contributed by atoms with Crippen LogP contribution < -0.4 is 0 Å². The van der Waals surface area contributed by atoms with Gasteiger partial charge in [0.25, 0.3) is 0 Å². The fraction of sp³-hybridized carbons (Fsp3) is 0.400. The molecule has 0 saturated heterocycles. The molecule has 0 atom stereocenters. The van der Waals surface area contributed by atoms with Crippen molar-refractivity contribution >= 4 is 0 Å². The maximum atomic E-state index is 9.07. The van der Waals surface area contributed by atoms with Gasteiger partial charge in [-0.3, -0.25) is 0 Å². The quantitative estimate of drug-likeness (QED) is 0.375. The maximum absolute atomic E-state index is 9.07. The minimum atomic E-state index is 0.102. The Morgan fingerprint density at radius 1 is 1.23 bits per heavy atom. The molecule has 0 radical (unpaired) electrons. The van der Waals surface area contributed by atoms with Gasteiger partial charge in [0.15, 0.2) is 0 Å². The Labute approximate surface area is 79.5 Å². The molecule has 0 aliphatic carbocycles. The minimum Gasteiger partial charge on any atom is -0.507 e. The van der Waals surface area contributed by atoms with E-state index in [4.69, 9.17) is 10.2 Å². The lowest BCUT2D eigenvalue weighted by Crippen LogP contribution is -2.46. The zero-order valence-corrected chi connectivity index (χ0v) is 8.16. The van der Waals surface area contributed by atoms with Crippen LogP contribution in [0.2, 0.25) is 0 Å². The number of likely N-dealkylation sites (N-methyl/N-ethyl adjacent to an activating group) is 1. The number of hydrogen-bond acceptors (Lipinski definition) is 2. The summed E-state index contributed by atoms with van der Waals surface area (Å²) in [6, 6.07) is 0. The molecule has 0 amide bonds. The van der Waals surface area contributed by atoms with Gasteiger partial charge in [0.2, 0.25) is 0 Å². The van der Waals surface area contributed by atoms with E-state index in [9.17, 15) is 0 Å². The Kier molecular flexibility index (Phi) is 4.28. The Hall–Kier alpha value is -1.22. The lowest BCUT2D eigenvalue weighted by Gasteiger charge is -2.32. The van der Waals surface area contributed by atoms with E-state index in [-0.39, 0.29) is 11.5 Å². The summed E-state index contributed by atoms with van der Waals surface area (Å²) in [6.07, 6.45) is 1.74. The first-order chi connectivity index (χ1) is 5.89. The van der Waals surface area contributed by atoms with Crippen molar-refractivity contribution in [2.45, 2.75) is 0 Å². The van der Waals surface area contributed by atoms with Gasteiger partial charge in [-0.2, -0.15) is 0 Å². The molecule has 74 valence electrons. The third-order valence-corrected chi connectivity index (χ3v) is 1.70. The Morgan fingerprint density at radius 3 is 1.85 bits per heavy atom. The first kappa shape index (κ1) is 11.8. The molecule has 0 aromatic carbocycles. The maximum Gasteiger partial charge on any atom is 0.139 e. The monoisotopic (exact) mass is 184 g/mol. The molecule has 3 nitrogen and oxygen atoms in total. The van der Waals surface area contributed by atoms with Crippen LogP contribution in [0.4, 0.5) is 0 Å². The summed E-state index contributed by atoms with van der Waals surface area (Å²) in [7, 11) is 1.89. The average molecular weight is 184 g/mol. The van der Waals surface area contributed by atoms with Crippen LogP contribution in [-0.2, 0) is 0 Å². The van der Waals surface area contributed by atoms with Gasteiger partial charge in [0, 0.05) is 0 Å². The summed E-state index contributed by atoms with van der Waals surface area (Å²) in [5.41, 5.74) is 0. The van der Waals surface area contributed by atoms with E-state index < -0.39 is 0 Å². The topological polar surface area (TPSA) is 40.5 Å². The predicted octanol–water partition coefficient (Wildman–Crippen LogP) is 1.76. The first-order valence-electron chi connectivity index (χ1n) is 4.07. The van der Waals surface area contributed by atoms with Crippen LogP contribution in [0, 0.1) is 0 Å². The molecule has 0 aliphatic rings. The SMILES string of the molecule is C=CC[N+](C)(CC(=C)O)CC(=C)O. The number of nitrogens with zero attached hydrogens (tertiary/aromatic N) is 1. The summed E-state index contributed by atoms with van der Waals surface area (Å²) < 4.78 is 0.439. The summed E-state index contributed by atoms with van der Waals surface area (Å²) in [5, 5.41) is 18.1. The van der Waals surface area contributed by atoms with Crippen LogP contribution in [0.25, 0.3) is 0 Å². The van der Waals surface area contributed by atoms with Crippen LogP contribution in [0.15, 0.2) is 37.3 Å². The van der Waals surface area contributed by atoms with Gasteiger partial charge in [0.1, 0.15) is 24.6 Å². The second kappa shape index (κ2) is 4.72. The van der Waals surface area contributed by atoms with Gasteiger partial charge >= 0.3 is 0 Å². The molecule has 0 bridgehead atoms. The highest BCUT2D eigenvalue weighted by Crippen LogP contribution is 2.08. The predicted molar refractivity (Wildman–Crippen MR) is 54.5 cm³/mol. The van der Waals surface area contributed by atoms with Crippen molar-refractivity contribution in [3.8, 4) is 0 Å². The number of aliphatic hydroxyl groups is 2. The fourth-order valence-electron chi connectivity index (χ4n) is 1.38. The fourth-order valence-corrected chi connectivity index (χ4v) is 1.38. The molecule has 0 aliphatic heterocycles. The molecule has 2 N–H and O–H groups in total. The van der Waals surface area contributed by atoms with Crippen LogP contribution in [-0.4, -0.2) is 41.4 Å². The van der Waals surface area contributed by atoms with Gasteiger partial charge in [-0.1, -0.05) is 19.7 Å². The van der Waals surface area contributed by atoms with Crippen LogP contribution in [0.3, 0.4) is 0 Å². The number of aliphatic hydroxyl groups excluding tert-OH is 2. The summed E-state index contributed by atoms with van der Waals surface area (Å²) in [4.78, 5) is 0.